The van der Waals surface area contributed by atoms with Crippen LogP contribution < -0.4 is 10.2 Å². The molecule has 0 spiro atoms. The first-order valence-electron chi connectivity index (χ1n) is 8.89. The molecule has 150 valence electrons. The minimum atomic E-state index is -1.05. The Hall–Kier alpha value is -4.33. The quantitative estimate of drug-likeness (QED) is 0.368. The second-order valence-corrected chi connectivity index (χ2v) is 6.24. The van der Waals surface area contributed by atoms with Crippen LogP contribution in [0, 0.1) is 0 Å². The van der Waals surface area contributed by atoms with Crippen LogP contribution in [-0.4, -0.2) is 30.3 Å². The number of carboxylic acid groups (broad SMARTS) is 1. The van der Waals surface area contributed by atoms with E-state index in [-0.39, 0.29) is 11.3 Å². The first-order valence-corrected chi connectivity index (χ1v) is 8.89. The zero-order valence-electron chi connectivity index (χ0n) is 15.8. The predicted molar refractivity (Wildman–Crippen MR) is 109 cm³/mol. The molecule has 4 rings (SSSR count). The van der Waals surface area contributed by atoms with Gasteiger partial charge in [-0.3, -0.25) is 4.79 Å². The van der Waals surface area contributed by atoms with Gasteiger partial charge in [0, 0.05) is 10.9 Å². The van der Waals surface area contributed by atoms with E-state index >= 15 is 0 Å². The fourth-order valence-electron chi connectivity index (χ4n) is 2.97. The summed E-state index contributed by atoms with van der Waals surface area (Å²) in [5, 5.41) is 13.9. The van der Waals surface area contributed by atoms with Crippen molar-refractivity contribution in [3.05, 3.63) is 77.7 Å². The highest BCUT2D eigenvalue weighted by atomic mass is 16.5. The van der Waals surface area contributed by atoms with Gasteiger partial charge in [0.15, 0.2) is 17.1 Å². The Labute approximate surface area is 170 Å². The minimum Gasteiger partial charge on any atom is -0.493 e. The SMILES string of the molecule is COc1cccc2cc(C(=O)N/N=C\c3ccc(-c4ccccc4C(=O)O)o3)oc12. The van der Waals surface area contributed by atoms with Gasteiger partial charge in [-0.2, -0.15) is 5.10 Å². The minimum absolute atomic E-state index is 0.0853. The number of rotatable bonds is 6. The van der Waals surface area contributed by atoms with E-state index in [0.717, 1.165) is 5.39 Å². The maximum Gasteiger partial charge on any atom is 0.336 e. The molecule has 4 aromatic rings. The third-order valence-electron chi connectivity index (χ3n) is 4.36. The van der Waals surface area contributed by atoms with Gasteiger partial charge in [0.05, 0.1) is 18.9 Å². The van der Waals surface area contributed by atoms with Gasteiger partial charge in [-0.25, -0.2) is 10.2 Å². The number of para-hydroxylation sites is 1. The molecule has 0 atom stereocenters. The molecular weight excluding hydrogens is 388 g/mol. The van der Waals surface area contributed by atoms with E-state index in [4.69, 9.17) is 13.6 Å². The summed E-state index contributed by atoms with van der Waals surface area (Å²) in [5.41, 5.74) is 3.42. The largest absolute Gasteiger partial charge is 0.493 e. The average Bonchev–Trinajstić information content (AvgIpc) is 3.40. The first kappa shape index (κ1) is 19.0. The van der Waals surface area contributed by atoms with Crippen LogP contribution in [0.1, 0.15) is 26.7 Å². The van der Waals surface area contributed by atoms with Crippen molar-refractivity contribution in [2.24, 2.45) is 5.10 Å². The number of benzene rings is 2. The molecule has 2 aromatic carbocycles. The van der Waals surface area contributed by atoms with Crippen LogP contribution in [0.3, 0.4) is 0 Å². The highest BCUT2D eigenvalue weighted by Gasteiger charge is 2.15. The number of aromatic carboxylic acids is 1. The number of hydrogen-bond acceptors (Lipinski definition) is 6. The number of methoxy groups -OCH3 is 1. The molecular formula is C22H16N2O6. The normalized spacial score (nSPS) is 11.1. The molecule has 2 N–H and O–H groups in total. The molecule has 8 nitrogen and oxygen atoms in total. The van der Waals surface area contributed by atoms with E-state index in [1.54, 1.807) is 54.6 Å². The van der Waals surface area contributed by atoms with Crippen LogP contribution >= 0.6 is 0 Å². The zero-order valence-corrected chi connectivity index (χ0v) is 15.8. The lowest BCUT2D eigenvalue weighted by Crippen LogP contribution is -2.16. The van der Waals surface area contributed by atoms with Crippen molar-refractivity contribution < 1.29 is 28.3 Å². The second kappa shape index (κ2) is 7.96. The molecule has 1 amide bonds. The summed E-state index contributed by atoms with van der Waals surface area (Å²) in [6.07, 6.45) is 1.31. The third kappa shape index (κ3) is 3.66. The number of nitrogens with one attached hydrogen (secondary N) is 1. The van der Waals surface area contributed by atoms with Crippen LogP contribution in [0.4, 0.5) is 0 Å². The molecule has 2 aromatic heterocycles. The Morgan fingerprint density at radius 3 is 2.70 bits per heavy atom. The molecule has 0 radical (unpaired) electrons. The number of fused-ring (bicyclic) bond motifs is 1. The fourth-order valence-corrected chi connectivity index (χ4v) is 2.97. The summed E-state index contributed by atoms with van der Waals surface area (Å²) in [7, 11) is 1.52. The molecule has 8 heteroatoms. The number of hydrogen-bond donors (Lipinski definition) is 2. The smallest absolute Gasteiger partial charge is 0.336 e. The molecule has 0 unspecified atom stereocenters. The lowest BCUT2D eigenvalue weighted by molar-refractivity contribution is 0.0697. The zero-order chi connectivity index (χ0) is 21.1. The van der Waals surface area contributed by atoms with Crippen molar-refractivity contribution in [2.75, 3.05) is 7.11 Å². The van der Waals surface area contributed by atoms with Crippen molar-refractivity contribution in [1.82, 2.24) is 5.43 Å². The highest BCUT2D eigenvalue weighted by molar-refractivity contribution is 5.98. The van der Waals surface area contributed by atoms with Gasteiger partial charge >= 0.3 is 11.9 Å². The Morgan fingerprint density at radius 2 is 1.90 bits per heavy atom. The summed E-state index contributed by atoms with van der Waals surface area (Å²) >= 11 is 0. The molecule has 0 aliphatic rings. The fraction of sp³-hybridized carbons (Fsp3) is 0.0455. The number of carboxylic acids is 1. The lowest BCUT2D eigenvalue weighted by atomic mass is 10.1. The summed E-state index contributed by atoms with van der Waals surface area (Å²) in [4.78, 5) is 23.7. The third-order valence-corrected chi connectivity index (χ3v) is 4.36. The number of ether oxygens (including phenoxy) is 1. The molecule has 0 bridgehead atoms. The number of hydrazone groups is 1. The van der Waals surface area contributed by atoms with Crippen molar-refractivity contribution in [3.63, 3.8) is 0 Å². The van der Waals surface area contributed by atoms with Crippen LogP contribution in [-0.2, 0) is 0 Å². The van der Waals surface area contributed by atoms with Gasteiger partial charge in [0.1, 0.15) is 11.5 Å². The number of furan rings is 2. The second-order valence-electron chi connectivity index (χ2n) is 6.24. The van der Waals surface area contributed by atoms with Crippen LogP contribution in [0.5, 0.6) is 5.75 Å². The number of carbonyl (C=O) groups excluding carboxylic acids is 1. The summed E-state index contributed by atoms with van der Waals surface area (Å²) in [6, 6.07) is 16.7. The van der Waals surface area contributed by atoms with E-state index in [0.29, 0.717) is 28.4 Å². The summed E-state index contributed by atoms with van der Waals surface area (Å²) < 4.78 is 16.4. The van der Waals surface area contributed by atoms with E-state index in [9.17, 15) is 14.7 Å². The molecule has 30 heavy (non-hydrogen) atoms. The Kier molecular flexibility index (Phi) is 5.04. The molecule has 0 saturated carbocycles. The van der Waals surface area contributed by atoms with Gasteiger partial charge in [0.25, 0.3) is 0 Å². The Balaban J connectivity index is 1.48. The highest BCUT2D eigenvalue weighted by Crippen LogP contribution is 2.28. The van der Waals surface area contributed by atoms with Gasteiger partial charge in [0.2, 0.25) is 0 Å². The van der Waals surface area contributed by atoms with Crippen LogP contribution in [0.2, 0.25) is 0 Å². The van der Waals surface area contributed by atoms with Gasteiger partial charge in [-0.15, -0.1) is 0 Å². The van der Waals surface area contributed by atoms with E-state index in [2.05, 4.69) is 10.5 Å². The molecule has 0 saturated heterocycles. The Bertz CT molecular complexity index is 1270. The van der Waals surface area contributed by atoms with Crippen LogP contribution in [0.15, 0.2) is 74.6 Å². The van der Waals surface area contributed by atoms with Crippen molar-refractivity contribution >= 4 is 29.1 Å². The first-order chi connectivity index (χ1) is 14.6. The summed E-state index contributed by atoms with van der Waals surface area (Å²) in [5.74, 6) is -0.247. The van der Waals surface area contributed by atoms with Crippen molar-refractivity contribution in [3.8, 4) is 17.1 Å². The maximum absolute atomic E-state index is 12.3. The van der Waals surface area contributed by atoms with E-state index in [1.165, 1.54) is 19.4 Å². The molecule has 0 aliphatic heterocycles. The van der Waals surface area contributed by atoms with E-state index in [1.807, 2.05) is 0 Å². The van der Waals surface area contributed by atoms with Gasteiger partial charge < -0.3 is 18.7 Å². The molecule has 0 fully saturated rings. The molecule has 2 heterocycles. The average molecular weight is 404 g/mol. The van der Waals surface area contributed by atoms with Gasteiger partial charge in [-0.1, -0.05) is 30.3 Å². The standard InChI is InChI=1S/C22H16N2O6/c1-28-18-8-4-5-13-11-19(30-20(13)18)21(25)24-23-12-14-9-10-17(29-14)15-6-2-3-7-16(15)22(26)27/h2-12H,1H3,(H,24,25)(H,26,27)/b23-12-. The van der Waals surface area contributed by atoms with Crippen molar-refractivity contribution in [2.45, 2.75) is 0 Å². The van der Waals surface area contributed by atoms with Crippen molar-refractivity contribution in [1.29, 1.82) is 0 Å². The topological polar surface area (TPSA) is 114 Å². The lowest BCUT2D eigenvalue weighted by Gasteiger charge is -2.01. The molecule has 0 aliphatic carbocycles. The summed E-state index contributed by atoms with van der Waals surface area (Å²) in [6.45, 7) is 0. The van der Waals surface area contributed by atoms with E-state index < -0.39 is 11.9 Å². The number of nitrogens with zero attached hydrogens (tertiary/aromatic N) is 1. The van der Waals surface area contributed by atoms with Gasteiger partial charge in [-0.05, 0) is 30.3 Å². The monoisotopic (exact) mass is 404 g/mol. The maximum atomic E-state index is 12.3. The Morgan fingerprint density at radius 1 is 1.07 bits per heavy atom. The predicted octanol–water partition coefficient (Wildman–Crippen LogP) is 4.16. The number of amides is 1. The number of carbonyl (C=O) groups is 2. The van der Waals surface area contributed by atoms with Crippen LogP contribution in [0.25, 0.3) is 22.3 Å².